The molecule has 1 atom stereocenters. The number of pyridine rings is 1. The molecule has 0 spiro atoms. The molecule has 176 valence electrons. The van der Waals surface area contributed by atoms with Gasteiger partial charge in [-0.1, -0.05) is 23.7 Å². The van der Waals surface area contributed by atoms with Gasteiger partial charge in [-0.25, -0.2) is 9.78 Å². The summed E-state index contributed by atoms with van der Waals surface area (Å²) in [6.45, 7) is 4.40. The number of urea groups is 1. The molecule has 4 rings (SSSR count). The van der Waals surface area contributed by atoms with Crippen LogP contribution in [0.4, 0.5) is 16.2 Å². The van der Waals surface area contributed by atoms with Gasteiger partial charge in [0.1, 0.15) is 11.4 Å². The Morgan fingerprint density at radius 2 is 2.06 bits per heavy atom. The molecule has 0 aliphatic carbocycles. The predicted molar refractivity (Wildman–Crippen MR) is 134 cm³/mol. The van der Waals surface area contributed by atoms with Crippen LogP contribution in [-0.2, 0) is 0 Å². The number of fused-ring (bicyclic) bond motifs is 1. The monoisotopic (exact) mass is 480 g/mol. The van der Waals surface area contributed by atoms with E-state index in [0.717, 1.165) is 5.56 Å². The summed E-state index contributed by atoms with van der Waals surface area (Å²) in [7, 11) is 0. The Morgan fingerprint density at radius 3 is 2.82 bits per heavy atom. The van der Waals surface area contributed by atoms with Crippen molar-refractivity contribution in [1.82, 2.24) is 20.3 Å². The van der Waals surface area contributed by atoms with Crippen molar-refractivity contribution in [2.24, 2.45) is 0 Å². The number of aliphatic hydroxyl groups excluding tert-OH is 1. The zero-order chi connectivity index (χ0) is 24.2. The molecule has 2 amide bonds. The average Bonchev–Trinajstić information content (AvgIpc) is 3.21. The fourth-order valence-electron chi connectivity index (χ4n) is 3.72. The summed E-state index contributed by atoms with van der Waals surface area (Å²) < 4.78 is 0. The molecule has 0 aliphatic rings. The van der Waals surface area contributed by atoms with Crippen LogP contribution in [0, 0.1) is 6.92 Å². The number of carbonyl (C=O) groups is 1. The van der Waals surface area contributed by atoms with Crippen LogP contribution >= 0.6 is 11.6 Å². The maximum Gasteiger partial charge on any atom is 0.319 e. The summed E-state index contributed by atoms with van der Waals surface area (Å²) in [6, 6.07) is 12.0. The molecule has 0 saturated carbocycles. The highest BCUT2D eigenvalue weighted by molar-refractivity contribution is 6.30. The molecule has 9 nitrogen and oxygen atoms in total. The number of nitrogens with one attached hydrogen (secondary N) is 5. The Kier molecular flexibility index (Phi) is 6.85. The van der Waals surface area contributed by atoms with Gasteiger partial charge in [0.25, 0.3) is 5.56 Å². The van der Waals surface area contributed by atoms with Crippen molar-refractivity contribution in [2.75, 3.05) is 23.7 Å². The van der Waals surface area contributed by atoms with Gasteiger partial charge < -0.3 is 31.0 Å². The molecule has 2 heterocycles. The van der Waals surface area contributed by atoms with Crippen molar-refractivity contribution in [3.63, 3.8) is 0 Å². The summed E-state index contributed by atoms with van der Waals surface area (Å²) in [5.41, 5.74) is 3.97. The zero-order valence-corrected chi connectivity index (χ0v) is 19.5. The van der Waals surface area contributed by atoms with Gasteiger partial charge in [0.15, 0.2) is 0 Å². The van der Waals surface area contributed by atoms with Gasteiger partial charge in [-0.3, -0.25) is 4.79 Å². The van der Waals surface area contributed by atoms with E-state index in [9.17, 15) is 14.7 Å². The Labute approximate surface area is 200 Å². The number of amides is 2. The number of aromatic amines is 2. The number of hydrogen-bond acceptors (Lipinski definition) is 5. The maximum absolute atomic E-state index is 12.7. The van der Waals surface area contributed by atoms with Crippen LogP contribution in [0.2, 0.25) is 5.02 Å². The minimum atomic E-state index is -0.827. The zero-order valence-electron chi connectivity index (χ0n) is 18.7. The Hall–Kier alpha value is -3.82. The maximum atomic E-state index is 12.7. The summed E-state index contributed by atoms with van der Waals surface area (Å²) >= 11 is 6.02. The molecule has 6 N–H and O–H groups in total. The summed E-state index contributed by atoms with van der Waals surface area (Å²) in [5, 5.41) is 19.7. The van der Waals surface area contributed by atoms with E-state index in [1.54, 1.807) is 36.4 Å². The number of H-pyrrole nitrogens is 2. The molecule has 34 heavy (non-hydrogen) atoms. The molecule has 4 aromatic rings. The van der Waals surface area contributed by atoms with Crippen LogP contribution in [0.5, 0.6) is 0 Å². The van der Waals surface area contributed by atoms with Crippen LogP contribution in [0.15, 0.2) is 53.5 Å². The van der Waals surface area contributed by atoms with Gasteiger partial charge >= 0.3 is 6.03 Å². The molecule has 10 heteroatoms. The molecular weight excluding hydrogens is 456 g/mol. The van der Waals surface area contributed by atoms with Crippen LogP contribution < -0.4 is 21.5 Å². The first kappa shape index (κ1) is 23.3. The summed E-state index contributed by atoms with van der Waals surface area (Å²) in [4.78, 5) is 35.1. The number of hydrogen-bond donors (Lipinski definition) is 6. The first-order valence-electron chi connectivity index (χ1n) is 10.8. The van der Waals surface area contributed by atoms with Crippen LogP contribution in [0.25, 0.3) is 22.4 Å². The number of nitrogens with zero attached hydrogens (tertiary/aromatic N) is 1. The minimum absolute atomic E-state index is 0.163. The molecule has 0 saturated heterocycles. The molecule has 0 bridgehead atoms. The largest absolute Gasteiger partial charge is 0.387 e. The van der Waals surface area contributed by atoms with Crippen molar-refractivity contribution in [1.29, 1.82) is 0 Å². The second-order valence-corrected chi connectivity index (χ2v) is 8.24. The minimum Gasteiger partial charge on any atom is -0.387 e. The normalized spacial score (nSPS) is 11.9. The van der Waals surface area contributed by atoms with E-state index >= 15 is 0 Å². The van der Waals surface area contributed by atoms with Gasteiger partial charge in [-0.15, -0.1) is 0 Å². The van der Waals surface area contributed by atoms with E-state index < -0.39 is 6.10 Å². The topological polar surface area (TPSA) is 135 Å². The van der Waals surface area contributed by atoms with Gasteiger partial charge in [0.2, 0.25) is 0 Å². The van der Waals surface area contributed by atoms with Crippen molar-refractivity contribution < 1.29 is 9.90 Å². The average molecular weight is 481 g/mol. The number of rotatable bonds is 7. The van der Waals surface area contributed by atoms with Crippen LogP contribution in [0.3, 0.4) is 0 Å². The highest BCUT2D eigenvalue weighted by Gasteiger charge is 2.17. The third kappa shape index (κ3) is 5.05. The molecule has 1 unspecified atom stereocenters. The molecular formula is C24H25ClN6O3. The molecule has 2 aromatic heterocycles. The lowest BCUT2D eigenvalue weighted by molar-refractivity contribution is 0.191. The van der Waals surface area contributed by atoms with Crippen LogP contribution in [-0.4, -0.2) is 39.2 Å². The van der Waals surface area contributed by atoms with E-state index in [-0.39, 0.29) is 18.1 Å². The summed E-state index contributed by atoms with van der Waals surface area (Å²) in [5.74, 6) is 0.370. The SMILES string of the molecule is CCNC(=O)Nc1cc(C)c2nc(-c3c(NCC(O)c4cccc(Cl)c4)cc[nH]c3=O)[nH]c2c1. The fraction of sp³-hybridized carbons (Fsp3) is 0.208. The quantitative estimate of drug-likeness (QED) is 0.236. The van der Waals surface area contributed by atoms with Gasteiger partial charge in [-0.05, 0) is 55.3 Å². The van der Waals surface area contributed by atoms with E-state index in [4.69, 9.17) is 11.6 Å². The third-order valence-electron chi connectivity index (χ3n) is 5.29. The lowest BCUT2D eigenvalue weighted by Crippen LogP contribution is -2.28. The van der Waals surface area contributed by atoms with Crippen molar-refractivity contribution in [2.45, 2.75) is 20.0 Å². The van der Waals surface area contributed by atoms with Crippen molar-refractivity contribution in [3.05, 3.63) is 75.2 Å². The highest BCUT2D eigenvalue weighted by atomic mass is 35.5. The number of aromatic nitrogens is 3. The first-order valence-corrected chi connectivity index (χ1v) is 11.2. The third-order valence-corrected chi connectivity index (χ3v) is 5.52. The lowest BCUT2D eigenvalue weighted by atomic mass is 10.1. The first-order chi connectivity index (χ1) is 16.4. The van der Waals surface area contributed by atoms with E-state index in [1.807, 2.05) is 19.9 Å². The number of aryl methyl sites for hydroxylation is 1. The van der Waals surface area contributed by atoms with Crippen molar-refractivity contribution in [3.8, 4) is 11.4 Å². The summed E-state index contributed by atoms with van der Waals surface area (Å²) in [6.07, 6.45) is 0.703. The number of halogens is 1. The Morgan fingerprint density at radius 1 is 1.24 bits per heavy atom. The number of benzene rings is 2. The smallest absolute Gasteiger partial charge is 0.319 e. The van der Waals surface area contributed by atoms with E-state index in [0.29, 0.717) is 50.9 Å². The molecule has 0 radical (unpaired) electrons. The van der Waals surface area contributed by atoms with Crippen LogP contribution in [0.1, 0.15) is 24.2 Å². The molecule has 0 fully saturated rings. The second-order valence-electron chi connectivity index (χ2n) is 7.81. The second kappa shape index (κ2) is 9.98. The standard InChI is InChI=1S/C24H25ClN6O3/c1-3-26-24(34)29-16-9-13(2)21-18(11-16)30-22(31-21)20-17(7-8-27-23(20)33)28-12-19(32)14-5-4-6-15(25)10-14/h4-11,19,32H,3,12H2,1-2H3,(H,30,31)(H2,26,29,34)(H2,27,28,33). The number of imidazole rings is 1. The van der Waals surface area contributed by atoms with Crippen molar-refractivity contribution >= 4 is 40.0 Å². The van der Waals surface area contributed by atoms with E-state index in [1.165, 1.54) is 6.20 Å². The fourth-order valence-corrected chi connectivity index (χ4v) is 3.91. The number of anilines is 2. The number of carbonyl (C=O) groups excluding carboxylic acids is 1. The molecule has 0 aliphatic heterocycles. The predicted octanol–water partition coefficient (Wildman–Crippen LogP) is 4.17. The Bertz CT molecular complexity index is 1400. The number of aliphatic hydroxyl groups is 1. The lowest BCUT2D eigenvalue weighted by Gasteiger charge is -2.15. The molecule has 2 aromatic carbocycles. The Balaban J connectivity index is 1.64. The van der Waals surface area contributed by atoms with E-state index in [2.05, 4.69) is 30.9 Å². The van der Waals surface area contributed by atoms with Gasteiger partial charge in [0.05, 0.1) is 22.8 Å². The van der Waals surface area contributed by atoms with Gasteiger partial charge in [-0.2, -0.15) is 0 Å². The highest BCUT2D eigenvalue weighted by Crippen LogP contribution is 2.28. The van der Waals surface area contributed by atoms with Gasteiger partial charge in [0, 0.05) is 30.0 Å².